The summed E-state index contributed by atoms with van der Waals surface area (Å²) in [4.78, 5) is 16.8. The molecular formula is C25H25ClF3N3O. The predicted molar refractivity (Wildman–Crippen MR) is 129 cm³/mol. The van der Waals surface area contributed by atoms with Gasteiger partial charge < -0.3 is 10.6 Å². The topological polar surface area (TPSA) is 53.5 Å². The van der Waals surface area contributed by atoms with Crippen molar-refractivity contribution in [1.29, 1.82) is 0 Å². The number of aliphatic imine (C=N–C) groups is 1. The van der Waals surface area contributed by atoms with Crippen molar-refractivity contribution in [3.8, 4) is 0 Å². The van der Waals surface area contributed by atoms with E-state index in [4.69, 9.17) is 11.6 Å². The molecule has 2 aromatic carbocycles. The smallest absolute Gasteiger partial charge is 0.364 e. The molecule has 0 aliphatic rings. The second-order valence-corrected chi connectivity index (χ2v) is 7.56. The van der Waals surface area contributed by atoms with E-state index in [0.29, 0.717) is 11.5 Å². The van der Waals surface area contributed by atoms with Crippen LogP contribution in [0.5, 0.6) is 0 Å². The van der Waals surface area contributed by atoms with Crippen molar-refractivity contribution in [2.75, 3.05) is 5.32 Å². The van der Waals surface area contributed by atoms with Crippen LogP contribution in [0.25, 0.3) is 0 Å². The Morgan fingerprint density at radius 3 is 2.58 bits per heavy atom. The van der Waals surface area contributed by atoms with Gasteiger partial charge in [0.15, 0.2) is 0 Å². The molecule has 0 saturated carbocycles. The van der Waals surface area contributed by atoms with Crippen molar-refractivity contribution >= 4 is 28.4 Å². The van der Waals surface area contributed by atoms with Crippen LogP contribution in [0, 0.1) is 6.92 Å². The summed E-state index contributed by atoms with van der Waals surface area (Å²) < 4.78 is 38.8. The number of hydrogen-bond acceptors (Lipinski definition) is 3. The highest BCUT2D eigenvalue weighted by atomic mass is 35.5. The first-order chi connectivity index (χ1) is 15.5. The zero-order valence-electron chi connectivity index (χ0n) is 18.5. The van der Waals surface area contributed by atoms with Crippen LogP contribution in [0.2, 0.25) is 0 Å². The molecule has 0 aliphatic carbocycles. The molecule has 0 radical (unpaired) electrons. The van der Waals surface area contributed by atoms with Gasteiger partial charge in [-0.25, -0.2) is 4.99 Å². The van der Waals surface area contributed by atoms with Gasteiger partial charge in [0.05, 0.1) is 11.6 Å². The van der Waals surface area contributed by atoms with Crippen molar-refractivity contribution in [1.82, 2.24) is 5.32 Å². The number of hydrogen-bond donors (Lipinski definition) is 2. The molecule has 4 nitrogen and oxygen atoms in total. The van der Waals surface area contributed by atoms with Gasteiger partial charge in [0.2, 0.25) is 0 Å². The summed E-state index contributed by atoms with van der Waals surface area (Å²) in [5.74, 6) is -0.0740. The highest BCUT2D eigenvalue weighted by Gasteiger charge is 2.30. The average Bonchev–Trinajstić information content (AvgIpc) is 2.77. The maximum absolute atomic E-state index is 12.9. The summed E-state index contributed by atoms with van der Waals surface area (Å²) >= 11 is 6.09. The van der Waals surface area contributed by atoms with E-state index in [-0.39, 0.29) is 16.8 Å². The Hall–Kier alpha value is -3.32. The van der Waals surface area contributed by atoms with Gasteiger partial charge in [-0.15, -0.1) is 0 Å². The number of anilines is 1. The summed E-state index contributed by atoms with van der Waals surface area (Å²) in [6.07, 6.45) is 2.12. The summed E-state index contributed by atoms with van der Waals surface area (Å²) in [5, 5.41) is 6.20. The third kappa shape index (κ3) is 7.64. The highest BCUT2D eigenvalue weighted by Crippen LogP contribution is 2.30. The average molecular weight is 476 g/mol. The van der Waals surface area contributed by atoms with E-state index in [9.17, 15) is 18.0 Å². The monoisotopic (exact) mass is 475 g/mol. The number of nitrogens with zero attached hydrogens (tertiary/aromatic N) is 1. The van der Waals surface area contributed by atoms with E-state index in [1.165, 1.54) is 12.1 Å². The number of nitrogens with one attached hydrogen (secondary N) is 2. The molecule has 33 heavy (non-hydrogen) atoms. The number of halogens is 4. The van der Waals surface area contributed by atoms with Crippen molar-refractivity contribution in [3.05, 3.63) is 101 Å². The number of alkyl halides is 3. The molecule has 0 unspecified atom stereocenters. The lowest BCUT2D eigenvalue weighted by Crippen LogP contribution is -2.19. The van der Waals surface area contributed by atoms with E-state index in [0.717, 1.165) is 23.3 Å². The number of allylic oxidation sites excluding steroid dienone is 4. The quantitative estimate of drug-likeness (QED) is 0.314. The molecule has 2 aromatic rings. The fourth-order valence-corrected chi connectivity index (χ4v) is 3.17. The molecule has 0 aromatic heterocycles. The minimum atomic E-state index is -4.52. The van der Waals surface area contributed by atoms with E-state index >= 15 is 0 Å². The number of aryl methyl sites for hydroxylation is 1. The third-order valence-corrected chi connectivity index (χ3v) is 4.90. The zero-order valence-corrected chi connectivity index (χ0v) is 19.3. The lowest BCUT2D eigenvalue weighted by Gasteiger charge is -2.19. The Kier molecular flexibility index (Phi) is 9.05. The zero-order chi connectivity index (χ0) is 24.6. The van der Waals surface area contributed by atoms with E-state index in [1.807, 2.05) is 26.8 Å². The Balaban J connectivity index is 2.21. The molecule has 0 heterocycles. The first kappa shape index (κ1) is 25.9. The molecular weight excluding hydrogens is 451 g/mol. The van der Waals surface area contributed by atoms with Crippen LogP contribution in [0.3, 0.4) is 0 Å². The van der Waals surface area contributed by atoms with Gasteiger partial charge in [-0.1, -0.05) is 42.5 Å². The summed E-state index contributed by atoms with van der Waals surface area (Å²) in [5.41, 5.74) is 1.35. The Bertz CT molecular complexity index is 1100. The van der Waals surface area contributed by atoms with Gasteiger partial charge in [0, 0.05) is 11.3 Å². The third-order valence-electron chi connectivity index (χ3n) is 4.69. The van der Waals surface area contributed by atoms with Gasteiger partial charge in [-0.3, -0.25) is 4.79 Å². The lowest BCUT2D eigenvalue weighted by atomic mass is 10.0. The minimum absolute atomic E-state index is 0.0779. The summed E-state index contributed by atoms with van der Waals surface area (Å²) in [6, 6.07) is 9.40. The molecule has 2 N–H and O–H groups in total. The molecule has 0 fully saturated rings. The van der Waals surface area contributed by atoms with Gasteiger partial charge in [0.1, 0.15) is 11.0 Å². The van der Waals surface area contributed by atoms with Crippen LogP contribution < -0.4 is 10.6 Å². The van der Waals surface area contributed by atoms with Gasteiger partial charge in [-0.2, -0.15) is 13.2 Å². The molecule has 0 aliphatic heterocycles. The fourth-order valence-electron chi connectivity index (χ4n) is 3.00. The maximum atomic E-state index is 12.9. The number of amides is 1. The molecule has 174 valence electrons. The van der Waals surface area contributed by atoms with Gasteiger partial charge in [-0.05, 0) is 74.4 Å². The second-order valence-electron chi connectivity index (χ2n) is 7.17. The standard InChI is InChI=1S/C25H25ClF3N3O/c1-5-7-11-22(26)32-23(6-2)30-17(4)21-15-20(13-12-16(21)3)31-24(33)18-9-8-10-19(14-18)25(27,28)29/h5-15,17,30H,1H2,2-4H3,(H,31,33)/b11-7+,23-6-,32-22+/t17-/m0/s1. The highest BCUT2D eigenvalue weighted by molar-refractivity contribution is 6.68. The molecule has 0 saturated heterocycles. The maximum Gasteiger partial charge on any atom is 0.416 e. The van der Waals surface area contributed by atoms with E-state index < -0.39 is 17.6 Å². The molecule has 1 atom stereocenters. The summed E-state index contributed by atoms with van der Waals surface area (Å²) in [6.45, 7) is 9.24. The molecule has 1 amide bonds. The van der Waals surface area contributed by atoms with E-state index in [2.05, 4.69) is 22.2 Å². The van der Waals surface area contributed by atoms with Gasteiger partial charge >= 0.3 is 6.18 Å². The van der Waals surface area contributed by atoms with Crippen LogP contribution >= 0.6 is 11.6 Å². The van der Waals surface area contributed by atoms with E-state index in [1.54, 1.807) is 36.4 Å². The molecule has 0 spiro atoms. The fraction of sp³-hybridized carbons (Fsp3) is 0.200. The van der Waals surface area contributed by atoms with Crippen molar-refractivity contribution in [2.45, 2.75) is 33.0 Å². The summed E-state index contributed by atoms with van der Waals surface area (Å²) in [7, 11) is 0. The molecule has 2 rings (SSSR count). The molecule has 0 bridgehead atoms. The van der Waals surface area contributed by atoms with Crippen LogP contribution in [-0.4, -0.2) is 11.1 Å². The predicted octanol–water partition coefficient (Wildman–Crippen LogP) is 7.16. The van der Waals surface area contributed by atoms with Crippen molar-refractivity contribution in [3.63, 3.8) is 0 Å². The first-order valence-electron chi connectivity index (χ1n) is 10.1. The first-order valence-corrected chi connectivity index (χ1v) is 10.5. The van der Waals surface area contributed by atoms with Crippen LogP contribution in [0.1, 0.15) is 46.9 Å². The lowest BCUT2D eigenvalue weighted by molar-refractivity contribution is -0.137. The Morgan fingerprint density at radius 1 is 1.21 bits per heavy atom. The van der Waals surface area contributed by atoms with Crippen LogP contribution in [0.15, 0.2) is 84.2 Å². The largest absolute Gasteiger partial charge is 0.416 e. The SMILES string of the molecule is C=C/C=C/C(Cl)=N\C(=C/C)N[C@@H](C)c1cc(NC(=O)c2cccc(C(F)(F)F)c2)ccc1C. The van der Waals surface area contributed by atoms with Crippen LogP contribution in [-0.2, 0) is 6.18 Å². The Labute approximate surface area is 196 Å². The van der Waals surface area contributed by atoms with Gasteiger partial charge in [0.25, 0.3) is 5.91 Å². The van der Waals surface area contributed by atoms with Crippen molar-refractivity contribution in [2.24, 2.45) is 4.99 Å². The van der Waals surface area contributed by atoms with Crippen LogP contribution in [0.4, 0.5) is 18.9 Å². The number of rotatable bonds is 8. The normalized spacial score (nSPS) is 13.7. The number of carbonyl (C=O) groups is 1. The van der Waals surface area contributed by atoms with Crippen molar-refractivity contribution < 1.29 is 18.0 Å². The minimum Gasteiger partial charge on any atom is -0.364 e. The second kappa shape index (κ2) is 11.5. The number of carbonyl (C=O) groups excluding carboxylic acids is 1. The Morgan fingerprint density at radius 2 is 1.94 bits per heavy atom. The number of benzene rings is 2. The molecule has 8 heteroatoms.